The maximum atomic E-state index is 12.1. The minimum atomic E-state index is -0.256. The van der Waals surface area contributed by atoms with Crippen LogP contribution in [0.2, 0.25) is 0 Å². The largest absolute Gasteiger partial charge is 0.466 e. The van der Waals surface area contributed by atoms with Crippen LogP contribution in [0.5, 0.6) is 0 Å². The van der Waals surface area contributed by atoms with Gasteiger partial charge in [-0.15, -0.1) is 0 Å². The van der Waals surface area contributed by atoms with E-state index in [1.54, 1.807) is 0 Å². The number of aliphatic hydroxyl groups excluding tert-OH is 1. The van der Waals surface area contributed by atoms with Gasteiger partial charge < -0.3 is 9.84 Å². The molecule has 3 nitrogen and oxygen atoms in total. The lowest BCUT2D eigenvalue weighted by atomic mass is 9.90. The molecule has 0 spiro atoms. The lowest BCUT2D eigenvalue weighted by Crippen LogP contribution is -2.10. The number of esters is 1. The zero-order valence-electron chi connectivity index (χ0n) is 27.1. The van der Waals surface area contributed by atoms with E-state index < -0.39 is 0 Å². The normalized spacial score (nSPS) is 13.0. The van der Waals surface area contributed by atoms with Crippen molar-refractivity contribution in [1.29, 1.82) is 0 Å². The second-order valence-electron chi connectivity index (χ2n) is 12.5. The lowest BCUT2D eigenvalue weighted by molar-refractivity contribution is -0.144. The van der Waals surface area contributed by atoms with Gasteiger partial charge in [-0.3, -0.25) is 4.79 Å². The molecule has 0 aromatic carbocycles. The quantitative estimate of drug-likeness (QED) is 0.0666. The van der Waals surface area contributed by atoms with Gasteiger partial charge in [-0.25, -0.2) is 0 Å². The smallest absolute Gasteiger partial charge is 0.305 e. The first-order valence-corrected chi connectivity index (χ1v) is 18.0. The van der Waals surface area contributed by atoms with Gasteiger partial charge >= 0.3 is 5.97 Å². The first-order valence-electron chi connectivity index (χ1n) is 18.0. The van der Waals surface area contributed by atoms with Crippen molar-refractivity contribution in [3.05, 3.63) is 0 Å². The topological polar surface area (TPSA) is 46.5 Å². The summed E-state index contributed by atoms with van der Waals surface area (Å²) in [6.07, 6.45) is 35.9. The minimum Gasteiger partial charge on any atom is -0.466 e. The van der Waals surface area contributed by atoms with Gasteiger partial charge in [-0.2, -0.15) is 0 Å². The summed E-state index contributed by atoms with van der Waals surface area (Å²) in [4.78, 5) is 12.1. The Labute approximate surface area is 246 Å². The number of ether oxygens (including phenoxy) is 1. The predicted octanol–water partition coefficient (Wildman–Crippen LogP) is 11.9. The van der Waals surface area contributed by atoms with Gasteiger partial charge in [0, 0.05) is 6.42 Å². The zero-order chi connectivity index (χ0) is 28.7. The van der Waals surface area contributed by atoms with Crippen LogP contribution in [0.3, 0.4) is 0 Å². The van der Waals surface area contributed by atoms with Crippen LogP contribution in [0.15, 0.2) is 0 Å². The van der Waals surface area contributed by atoms with Crippen LogP contribution >= 0.6 is 0 Å². The van der Waals surface area contributed by atoms with E-state index in [0.717, 1.165) is 38.0 Å². The van der Waals surface area contributed by atoms with Crippen LogP contribution in [0.4, 0.5) is 0 Å². The Morgan fingerprint density at radius 1 is 0.487 bits per heavy atom. The molecule has 0 bridgehead atoms. The van der Waals surface area contributed by atoms with Crippen molar-refractivity contribution in [2.45, 2.75) is 213 Å². The van der Waals surface area contributed by atoms with Gasteiger partial charge in [0.05, 0.1) is 12.7 Å². The third-order valence-corrected chi connectivity index (χ3v) is 8.51. The third kappa shape index (κ3) is 30.2. The fourth-order valence-electron chi connectivity index (χ4n) is 5.79. The van der Waals surface area contributed by atoms with E-state index >= 15 is 0 Å². The number of carbonyl (C=O) groups excluding carboxylic acids is 1. The number of carbonyl (C=O) groups is 1. The van der Waals surface area contributed by atoms with E-state index in [4.69, 9.17) is 4.74 Å². The van der Waals surface area contributed by atoms with Gasteiger partial charge in [-0.05, 0) is 38.0 Å². The summed E-state index contributed by atoms with van der Waals surface area (Å²) in [5.74, 6) is 0.781. The Kier molecular flexibility index (Phi) is 31.5. The molecule has 0 saturated heterocycles. The van der Waals surface area contributed by atoms with Crippen molar-refractivity contribution in [1.82, 2.24) is 0 Å². The maximum Gasteiger partial charge on any atom is 0.305 e. The highest BCUT2D eigenvalue weighted by atomic mass is 16.5. The SMILES string of the molecule is CCCCCCCCCCC(CCCCCCCCC)CCCCOC(=O)CCCC(O)CCCCCCC. The van der Waals surface area contributed by atoms with Crippen molar-refractivity contribution in [2.75, 3.05) is 6.61 Å². The average Bonchev–Trinajstić information content (AvgIpc) is 2.93. The summed E-state index contributed by atoms with van der Waals surface area (Å²) >= 11 is 0. The van der Waals surface area contributed by atoms with Crippen molar-refractivity contribution in [3.8, 4) is 0 Å². The Morgan fingerprint density at radius 2 is 0.846 bits per heavy atom. The summed E-state index contributed by atoms with van der Waals surface area (Å²) in [7, 11) is 0. The molecule has 0 aromatic heterocycles. The molecule has 3 heteroatoms. The Morgan fingerprint density at radius 3 is 1.31 bits per heavy atom. The van der Waals surface area contributed by atoms with Gasteiger partial charge in [0.25, 0.3) is 0 Å². The van der Waals surface area contributed by atoms with Gasteiger partial charge in [-0.1, -0.05) is 168 Å². The highest BCUT2D eigenvalue weighted by molar-refractivity contribution is 5.69. The Bertz CT molecular complexity index is 478. The maximum absolute atomic E-state index is 12.1. The molecule has 0 aromatic rings. The van der Waals surface area contributed by atoms with Crippen LogP contribution in [0.25, 0.3) is 0 Å². The second-order valence-corrected chi connectivity index (χ2v) is 12.5. The molecule has 2 atom stereocenters. The number of aliphatic hydroxyl groups is 1. The van der Waals surface area contributed by atoms with E-state index in [2.05, 4.69) is 20.8 Å². The molecule has 0 amide bonds. The van der Waals surface area contributed by atoms with Crippen LogP contribution < -0.4 is 0 Å². The lowest BCUT2D eigenvalue weighted by Gasteiger charge is -2.17. The highest BCUT2D eigenvalue weighted by Crippen LogP contribution is 2.24. The first-order chi connectivity index (χ1) is 19.1. The molecular weight excluding hydrogens is 480 g/mol. The first kappa shape index (κ1) is 38.4. The predicted molar refractivity (Wildman–Crippen MR) is 171 cm³/mol. The Hall–Kier alpha value is -0.570. The highest BCUT2D eigenvalue weighted by Gasteiger charge is 2.10. The van der Waals surface area contributed by atoms with E-state index in [0.29, 0.717) is 13.0 Å². The minimum absolute atomic E-state index is 0.0799. The number of hydrogen-bond acceptors (Lipinski definition) is 3. The van der Waals surface area contributed by atoms with Crippen LogP contribution in [0.1, 0.15) is 207 Å². The molecule has 0 heterocycles. The molecular formula is C36H72O3. The van der Waals surface area contributed by atoms with E-state index in [9.17, 15) is 9.90 Å². The molecule has 0 aliphatic heterocycles. The van der Waals surface area contributed by atoms with Crippen molar-refractivity contribution in [3.63, 3.8) is 0 Å². The van der Waals surface area contributed by atoms with Crippen molar-refractivity contribution < 1.29 is 14.6 Å². The van der Waals surface area contributed by atoms with E-state index in [-0.39, 0.29) is 12.1 Å². The van der Waals surface area contributed by atoms with Gasteiger partial charge in [0.2, 0.25) is 0 Å². The van der Waals surface area contributed by atoms with Crippen LogP contribution in [0, 0.1) is 5.92 Å². The summed E-state index contributed by atoms with van der Waals surface area (Å²) in [5.41, 5.74) is 0. The molecule has 0 aliphatic rings. The van der Waals surface area contributed by atoms with Crippen molar-refractivity contribution in [2.24, 2.45) is 5.92 Å². The third-order valence-electron chi connectivity index (χ3n) is 8.51. The molecule has 39 heavy (non-hydrogen) atoms. The Balaban J connectivity index is 3.96. The summed E-state index contributed by atoms with van der Waals surface area (Å²) in [6.45, 7) is 7.38. The van der Waals surface area contributed by atoms with E-state index in [1.165, 1.54) is 148 Å². The molecule has 0 fully saturated rings. The second kappa shape index (κ2) is 32.0. The zero-order valence-corrected chi connectivity index (χ0v) is 27.1. The summed E-state index contributed by atoms with van der Waals surface area (Å²) in [5, 5.41) is 10.1. The molecule has 0 saturated carbocycles. The average molecular weight is 553 g/mol. The summed E-state index contributed by atoms with van der Waals surface area (Å²) in [6, 6.07) is 0. The number of rotatable bonds is 32. The fourth-order valence-corrected chi connectivity index (χ4v) is 5.79. The van der Waals surface area contributed by atoms with Crippen molar-refractivity contribution >= 4 is 5.97 Å². The van der Waals surface area contributed by atoms with E-state index in [1.807, 2.05) is 0 Å². The summed E-state index contributed by atoms with van der Waals surface area (Å²) < 4.78 is 5.51. The molecule has 0 radical (unpaired) electrons. The number of hydrogen-bond donors (Lipinski definition) is 1. The standard InChI is InChI=1S/C36H72O3/c1-4-7-10-13-15-17-20-22-28-34(27-21-19-16-14-11-8-5-2)29-24-25-33-39-36(38)32-26-31-35(37)30-23-18-12-9-6-3/h34-35,37H,4-33H2,1-3H3. The molecule has 0 rings (SSSR count). The monoisotopic (exact) mass is 553 g/mol. The van der Waals surface area contributed by atoms with Crippen LogP contribution in [-0.4, -0.2) is 23.8 Å². The molecule has 2 unspecified atom stereocenters. The van der Waals surface area contributed by atoms with Crippen LogP contribution in [-0.2, 0) is 9.53 Å². The fraction of sp³-hybridized carbons (Fsp3) is 0.972. The molecule has 0 aliphatic carbocycles. The van der Waals surface area contributed by atoms with Gasteiger partial charge in [0.15, 0.2) is 0 Å². The molecule has 1 N–H and O–H groups in total. The number of unbranched alkanes of at least 4 members (excludes halogenated alkanes) is 18. The molecule has 234 valence electrons. The van der Waals surface area contributed by atoms with Gasteiger partial charge in [0.1, 0.15) is 0 Å².